The Labute approximate surface area is 151 Å². The zero-order valence-corrected chi connectivity index (χ0v) is 15.4. The van der Waals surface area contributed by atoms with Crippen LogP contribution in [0.3, 0.4) is 0 Å². The van der Waals surface area contributed by atoms with Gasteiger partial charge in [-0.25, -0.2) is 9.97 Å². The lowest BCUT2D eigenvalue weighted by atomic mass is 10.1. The number of rotatable bonds is 6. The van der Waals surface area contributed by atoms with E-state index in [4.69, 9.17) is 23.2 Å². The highest BCUT2D eigenvalue weighted by Gasteiger charge is 2.12. The predicted octanol–water partition coefficient (Wildman–Crippen LogP) is 4.61. The van der Waals surface area contributed by atoms with E-state index in [2.05, 4.69) is 34.4 Å². The molecule has 0 aliphatic carbocycles. The second kappa shape index (κ2) is 8.31. The minimum atomic E-state index is -0.221. The highest BCUT2D eigenvalue weighted by Crippen LogP contribution is 2.27. The first-order valence-corrected chi connectivity index (χ1v) is 8.46. The first kappa shape index (κ1) is 18.5. The van der Waals surface area contributed by atoms with Crippen LogP contribution in [0.25, 0.3) is 0 Å². The number of halogens is 2. The van der Waals surface area contributed by atoms with E-state index < -0.39 is 0 Å². The molecule has 1 aromatic carbocycles. The van der Waals surface area contributed by atoms with Crippen LogP contribution < -0.4 is 10.6 Å². The molecule has 0 saturated heterocycles. The standard InChI is InChI=1S/C17H20Cl2N4O/c1-10(2)6-7-20-16(24)15-8-11(3)21-17(23-15)22-14-9-12(18)4-5-13(14)19/h4-5,8-10H,6-7H2,1-3H3,(H,20,24)(H,21,22,23). The lowest BCUT2D eigenvalue weighted by Gasteiger charge is -2.10. The maximum absolute atomic E-state index is 12.2. The molecule has 0 bridgehead atoms. The molecule has 24 heavy (non-hydrogen) atoms. The quantitative estimate of drug-likeness (QED) is 0.782. The molecule has 2 rings (SSSR count). The molecule has 2 N–H and O–H groups in total. The van der Waals surface area contributed by atoms with Crippen LogP contribution in [0.15, 0.2) is 24.3 Å². The lowest BCUT2D eigenvalue weighted by molar-refractivity contribution is 0.0947. The highest BCUT2D eigenvalue weighted by molar-refractivity contribution is 6.35. The summed E-state index contributed by atoms with van der Waals surface area (Å²) < 4.78 is 0. The summed E-state index contributed by atoms with van der Waals surface area (Å²) in [5.74, 6) is 0.606. The van der Waals surface area contributed by atoms with Crippen LogP contribution in [0.2, 0.25) is 10.0 Å². The summed E-state index contributed by atoms with van der Waals surface area (Å²) in [6.07, 6.45) is 0.916. The number of benzene rings is 1. The summed E-state index contributed by atoms with van der Waals surface area (Å²) in [6.45, 7) is 6.63. The van der Waals surface area contributed by atoms with Gasteiger partial charge >= 0.3 is 0 Å². The number of carbonyl (C=O) groups is 1. The number of aryl methyl sites for hydroxylation is 1. The van der Waals surface area contributed by atoms with Crippen LogP contribution in [-0.2, 0) is 0 Å². The molecule has 0 unspecified atom stereocenters. The largest absolute Gasteiger partial charge is 0.351 e. The van der Waals surface area contributed by atoms with Gasteiger partial charge in [0.2, 0.25) is 5.95 Å². The average molecular weight is 367 g/mol. The molecule has 0 saturated carbocycles. The van der Waals surface area contributed by atoms with E-state index in [0.717, 1.165) is 6.42 Å². The van der Waals surface area contributed by atoms with E-state index in [-0.39, 0.29) is 5.91 Å². The van der Waals surface area contributed by atoms with Gasteiger partial charge in [0.25, 0.3) is 5.91 Å². The smallest absolute Gasteiger partial charge is 0.270 e. The predicted molar refractivity (Wildman–Crippen MR) is 98.3 cm³/mol. The van der Waals surface area contributed by atoms with Crippen LogP contribution in [-0.4, -0.2) is 22.4 Å². The van der Waals surface area contributed by atoms with E-state index in [1.54, 1.807) is 31.2 Å². The second-order valence-electron chi connectivity index (χ2n) is 5.91. The van der Waals surface area contributed by atoms with Gasteiger partial charge in [-0.1, -0.05) is 37.0 Å². The summed E-state index contributed by atoms with van der Waals surface area (Å²) >= 11 is 12.1. The van der Waals surface area contributed by atoms with Crippen LogP contribution in [0, 0.1) is 12.8 Å². The zero-order chi connectivity index (χ0) is 17.7. The number of nitrogens with one attached hydrogen (secondary N) is 2. The van der Waals surface area contributed by atoms with Gasteiger partial charge in [0.05, 0.1) is 10.7 Å². The number of aromatic nitrogens is 2. The van der Waals surface area contributed by atoms with Crippen LogP contribution in [0.5, 0.6) is 0 Å². The van der Waals surface area contributed by atoms with Crippen molar-refractivity contribution in [2.24, 2.45) is 5.92 Å². The van der Waals surface area contributed by atoms with Gasteiger partial charge in [-0.2, -0.15) is 0 Å². The van der Waals surface area contributed by atoms with E-state index >= 15 is 0 Å². The van der Waals surface area contributed by atoms with Gasteiger partial charge in [0.15, 0.2) is 0 Å². The van der Waals surface area contributed by atoms with Crippen molar-refractivity contribution in [3.05, 3.63) is 45.7 Å². The normalized spacial score (nSPS) is 10.8. The van der Waals surface area contributed by atoms with Crippen molar-refractivity contribution in [2.45, 2.75) is 27.2 Å². The van der Waals surface area contributed by atoms with Crippen LogP contribution >= 0.6 is 23.2 Å². The van der Waals surface area contributed by atoms with Gasteiger partial charge in [-0.05, 0) is 43.5 Å². The van der Waals surface area contributed by atoms with Crippen molar-refractivity contribution in [1.29, 1.82) is 0 Å². The molecule has 5 nitrogen and oxygen atoms in total. The highest BCUT2D eigenvalue weighted by atomic mass is 35.5. The summed E-state index contributed by atoms with van der Waals surface area (Å²) in [5.41, 5.74) is 1.58. The zero-order valence-electron chi connectivity index (χ0n) is 13.9. The minimum Gasteiger partial charge on any atom is -0.351 e. The number of hydrogen-bond donors (Lipinski definition) is 2. The number of hydrogen-bond acceptors (Lipinski definition) is 4. The molecule has 0 atom stereocenters. The molecule has 7 heteroatoms. The van der Waals surface area contributed by atoms with E-state index in [9.17, 15) is 4.79 Å². The third kappa shape index (κ3) is 5.35. The van der Waals surface area contributed by atoms with Crippen molar-refractivity contribution in [1.82, 2.24) is 15.3 Å². The molecular formula is C17H20Cl2N4O. The topological polar surface area (TPSA) is 66.9 Å². The fourth-order valence-corrected chi connectivity index (χ4v) is 2.36. The van der Waals surface area contributed by atoms with E-state index in [1.807, 2.05) is 0 Å². The van der Waals surface area contributed by atoms with Crippen LogP contribution in [0.1, 0.15) is 36.5 Å². The Kier molecular flexibility index (Phi) is 6.40. The van der Waals surface area contributed by atoms with Gasteiger partial charge in [-0.3, -0.25) is 4.79 Å². The first-order chi connectivity index (χ1) is 11.3. The molecule has 0 aliphatic rings. The third-order valence-corrected chi connectivity index (χ3v) is 3.83. The lowest BCUT2D eigenvalue weighted by Crippen LogP contribution is -2.26. The third-order valence-electron chi connectivity index (χ3n) is 3.27. The van der Waals surface area contributed by atoms with E-state index in [1.165, 1.54) is 0 Å². The van der Waals surface area contributed by atoms with Crippen molar-refractivity contribution in [2.75, 3.05) is 11.9 Å². The Balaban J connectivity index is 2.16. The molecular weight excluding hydrogens is 347 g/mol. The Morgan fingerprint density at radius 1 is 1.21 bits per heavy atom. The molecule has 0 spiro atoms. The Morgan fingerprint density at radius 3 is 2.67 bits per heavy atom. The second-order valence-corrected chi connectivity index (χ2v) is 6.75. The maximum atomic E-state index is 12.2. The van der Waals surface area contributed by atoms with Gasteiger partial charge in [0, 0.05) is 17.3 Å². The van der Waals surface area contributed by atoms with Crippen LogP contribution in [0.4, 0.5) is 11.6 Å². The summed E-state index contributed by atoms with van der Waals surface area (Å²) in [6, 6.07) is 6.70. The van der Waals surface area contributed by atoms with Crippen molar-refractivity contribution in [3.8, 4) is 0 Å². The first-order valence-electron chi connectivity index (χ1n) is 7.71. The number of nitrogens with zero attached hydrogens (tertiary/aromatic N) is 2. The van der Waals surface area contributed by atoms with Crippen molar-refractivity contribution < 1.29 is 4.79 Å². The molecule has 1 heterocycles. The van der Waals surface area contributed by atoms with E-state index in [0.29, 0.717) is 45.5 Å². The molecule has 1 aromatic heterocycles. The molecule has 1 amide bonds. The monoisotopic (exact) mass is 366 g/mol. The molecule has 0 aliphatic heterocycles. The van der Waals surface area contributed by atoms with Gasteiger partial charge < -0.3 is 10.6 Å². The Morgan fingerprint density at radius 2 is 1.96 bits per heavy atom. The SMILES string of the molecule is Cc1cc(C(=O)NCCC(C)C)nc(Nc2cc(Cl)ccc2Cl)n1. The van der Waals surface area contributed by atoms with Gasteiger partial charge in [0.1, 0.15) is 5.69 Å². The maximum Gasteiger partial charge on any atom is 0.270 e. The Hall–Kier alpha value is -1.85. The van der Waals surface area contributed by atoms with Crippen molar-refractivity contribution in [3.63, 3.8) is 0 Å². The van der Waals surface area contributed by atoms with Crippen molar-refractivity contribution >= 4 is 40.7 Å². The molecule has 0 radical (unpaired) electrons. The fraction of sp³-hybridized carbons (Fsp3) is 0.353. The number of amides is 1. The number of carbonyl (C=O) groups excluding carboxylic acids is 1. The fourth-order valence-electron chi connectivity index (χ4n) is 2.02. The number of anilines is 2. The summed E-state index contributed by atoms with van der Waals surface area (Å²) in [7, 11) is 0. The Bertz CT molecular complexity index is 735. The molecule has 2 aromatic rings. The summed E-state index contributed by atoms with van der Waals surface area (Å²) in [4.78, 5) is 20.8. The molecule has 0 fully saturated rings. The minimum absolute atomic E-state index is 0.221. The average Bonchev–Trinajstić information content (AvgIpc) is 2.50. The summed E-state index contributed by atoms with van der Waals surface area (Å²) in [5, 5.41) is 6.91. The van der Waals surface area contributed by atoms with Gasteiger partial charge in [-0.15, -0.1) is 0 Å². The molecule has 128 valence electrons.